The van der Waals surface area contributed by atoms with Crippen molar-refractivity contribution in [2.45, 2.75) is 32.9 Å². The third-order valence-corrected chi connectivity index (χ3v) is 2.94. The minimum atomic E-state index is -0.541. The van der Waals surface area contributed by atoms with Gasteiger partial charge in [0, 0.05) is 32.2 Å². The monoisotopic (exact) mass is 477 g/mol. The van der Waals surface area contributed by atoms with Gasteiger partial charge in [-0.1, -0.05) is 6.07 Å². The number of nitriles is 1. The second-order valence-corrected chi connectivity index (χ2v) is 6.20. The highest BCUT2D eigenvalue weighted by Crippen LogP contribution is 2.09. The first-order valence-electron chi connectivity index (χ1n) is 7.85. The smallest absolute Gasteiger partial charge is 0.407 e. The van der Waals surface area contributed by atoms with E-state index in [1.807, 2.05) is 6.07 Å². The minimum absolute atomic E-state index is 0. The van der Waals surface area contributed by atoms with Crippen LogP contribution in [0.3, 0.4) is 0 Å². The molecule has 9 heteroatoms. The van der Waals surface area contributed by atoms with Gasteiger partial charge in [0.1, 0.15) is 11.4 Å². The van der Waals surface area contributed by atoms with E-state index in [2.05, 4.69) is 20.9 Å². The summed E-state index contributed by atoms with van der Waals surface area (Å²) >= 11 is 0. The number of rotatable bonds is 5. The van der Waals surface area contributed by atoms with Crippen molar-refractivity contribution in [3.8, 4) is 6.07 Å². The molecule has 0 aliphatic carbocycles. The predicted molar refractivity (Wildman–Crippen MR) is 109 cm³/mol. The van der Waals surface area contributed by atoms with Gasteiger partial charge in [-0.25, -0.2) is 9.18 Å². The molecule has 1 aromatic carbocycles. The van der Waals surface area contributed by atoms with Gasteiger partial charge < -0.3 is 20.7 Å². The van der Waals surface area contributed by atoms with E-state index in [9.17, 15) is 9.18 Å². The van der Waals surface area contributed by atoms with Gasteiger partial charge in [0.25, 0.3) is 0 Å². The summed E-state index contributed by atoms with van der Waals surface area (Å²) in [4.78, 5) is 15.5. The quantitative estimate of drug-likeness (QED) is 0.262. The Morgan fingerprint density at radius 3 is 2.46 bits per heavy atom. The summed E-state index contributed by atoms with van der Waals surface area (Å²) in [6.45, 7) is 6.36. The number of benzene rings is 1. The van der Waals surface area contributed by atoms with Crippen LogP contribution in [0.1, 0.15) is 31.9 Å². The summed E-state index contributed by atoms with van der Waals surface area (Å²) < 4.78 is 18.9. The molecule has 7 nitrogen and oxygen atoms in total. The number of hydrogen-bond acceptors (Lipinski definition) is 4. The number of aliphatic imine (C=N–C) groups is 1. The Morgan fingerprint density at radius 1 is 1.27 bits per heavy atom. The highest BCUT2D eigenvalue weighted by atomic mass is 127. The van der Waals surface area contributed by atoms with E-state index in [1.165, 1.54) is 6.07 Å². The third kappa shape index (κ3) is 9.41. The molecule has 0 unspecified atom stereocenters. The van der Waals surface area contributed by atoms with Crippen LogP contribution in [-0.4, -0.2) is 37.8 Å². The van der Waals surface area contributed by atoms with Gasteiger partial charge in [-0.05, 0) is 32.9 Å². The van der Waals surface area contributed by atoms with Gasteiger partial charge in [0.15, 0.2) is 5.96 Å². The van der Waals surface area contributed by atoms with Crippen LogP contribution in [0.25, 0.3) is 0 Å². The Morgan fingerprint density at radius 2 is 1.92 bits per heavy atom. The van der Waals surface area contributed by atoms with Gasteiger partial charge in [-0.2, -0.15) is 5.26 Å². The summed E-state index contributed by atoms with van der Waals surface area (Å²) in [5.74, 6) is 0.0170. The van der Waals surface area contributed by atoms with Crippen molar-refractivity contribution >= 4 is 36.0 Å². The Kier molecular flexibility index (Phi) is 10.6. The topological polar surface area (TPSA) is 98.5 Å². The number of guanidine groups is 1. The first-order chi connectivity index (χ1) is 11.7. The molecular formula is C17H25FIN5O2. The average molecular weight is 477 g/mol. The van der Waals surface area contributed by atoms with Crippen LogP contribution in [-0.2, 0) is 11.3 Å². The number of halogens is 2. The molecule has 26 heavy (non-hydrogen) atoms. The maximum atomic E-state index is 13.8. The van der Waals surface area contributed by atoms with E-state index in [4.69, 9.17) is 10.00 Å². The van der Waals surface area contributed by atoms with Gasteiger partial charge in [0.05, 0.1) is 11.6 Å². The molecule has 1 amide bonds. The van der Waals surface area contributed by atoms with Crippen LogP contribution in [0.2, 0.25) is 0 Å². The van der Waals surface area contributed by atoms with Crippen molar-refractivity contribution in [2.24, 2.45) is 4.99 Å². The van der Waals surface area contributed by atoms with Crippen LogP contribution >= 0.6 is 24.0 Å². The van der Waals surface area contributed by atoms with Crippen molar-refractivity contribution in [3.63, 3.8) is 0 Å². The molecule has 0 heterocycles. The standard InChI is InChI=1S/C17H24FN5O2.HI/c1-17(2,3)25-16(24)22-8-7-21-15(20-4)23-11-13-6-5-12(10-19)9-14(13)18;/h5-6,9H,7-8,11H2,1-4H3,(H,22,24)(H2,20,21,23);1H. The summed E-state index contributed by atoms with van der Waals surface area (Å²) in [5.41, 5.74) is 0.158. The average Bonchev–Trinajstić information content (AvgIpc) is 2.53. The number of carbonyl (C=O) groups is 1. The van der Waals surface area contributed by atoms with E-state index in [1.54, 1.807) is 40.0 Å². The Hall–Kier alpha value is -2.09. The highest BCUT2D eigenvalue weighted by molar-refractivity contribution is 14.0. The fourth-order valence-electron chi connectivity index (χ4n) is 1.82. The van der Waals surface area contributed by atoms with E-state index in [0.29, 0.717) is 24.6 Å². The fraction of sp³-hybridized carbons (Fsp3) is 0.471. The lowest BCUT2D eigenvalue weighted by atomic mass is 10.1. The van der Waals surface area contributed by atoms with Gasteiger partial charge in [0.2, 0.25) is 0 Å². The van der Waals surface area contributed by atoms with E-state index in [0.717, 1.165) is 0 Å². The van der Waals surface area contributed by atoms with Crippen molar-refractivity contribution in [3.05, 3.63) is 35.1 Å². The zero-order valence-electron chi connectivity index (χ0n) is 15.4. The molecule has 0 aliphatic rings. The number of alkyl carbamates (subject to hydrolysis) is 1. The molecule has 1 rings (SSSR count). The SMILES string of the molecule is CN=C(NCCNC(=O)OC(C)(C)C)NCc1ccc(C#N)cc1F.I. The maximum absolute atomic E-state index is 13.8. The molecule has 144 valence electrons. The molecule has 0 fully saturated rings. The van der Waals surface area contributed by atoms with Gasteiger partial charge in [-0.3, -0.25) is 4.99 Å². The van der Waals surface area contributed by atoms with Crippen molar-refractivity contribution in [2.75, 3.05) is 20.1 Å². The highest BCUT2D eigenvalue weighted by Gasteiger charge is 2.15. The molecule has 0 aliphatic heterocycles. The van der Waals surface area contributed by atoms with Crippen LogP contribution in [0, 0.1) is 17.1 Å². The second-order valence-electron chi connectivity index (χ2n) is 6.20. The molecule has 0 bridgehead atoms. The second kappa shape index (κ2) is 11.5. The molecule has 3 N–H and O–H groups in total. The Balaban J connectivity index is 0.00000625. The Labute approximate surface area is 170 Å². The summed E-state index contributed by atoms with van der Waals surface area (Å²) in [5, 5.41) is 17.3. The number of carbonyl (C=O) groups excluding carboxylic acids is 1. The molecule has 0 atom stereocenters. The summed E-state index contributed by atoms with van der Waals surface area (Å²) in [6, 6.07) is 6.19. The molecule has 0 radical (unpaired) electrons. The van der Waals surface area contributed by atoms with Crippen molar-refractivity contribution < 1.29 is 13.9 Å². The first kappa shape index (κ1) is 23.9. The number of hydrogen-bond donors (Lipinski definition) is 3. The molecule has 0 aromatic heterocycles. The zero-order chi connectivity index (χ0) is 18.9. The van der Waals surface area contributed by atoms with Crippen LogP contribution in [0.5, 0.6) is 0 Å². The normalized spacial score (nSPS) is 11.0. The number of amides is 1. The molecule has 0 spiro atoms. The molecule has 1 aromatic rings. The van der Waals surface area contributed by atoms with Crippen molar-refractivity contribution in [1.29, 1.82) is 5.26 Å². The Bertz CT molecular complexity index is 668. The van der Waals surface area contributed by atoms with Crippen LogP contribution in [0.15, 0.2) is 23.2 Å². The summed E-state index contributed by atoms with van der Waals surface area (Å²) in [7, 11) is 1.59. The van der Waals surface area contributed by atoms with E-state index < -0.39 is 17.5 Å². The molecule has 0 saturated heterocycles. The number of ether oxygens (including phenoxy) is 1. The molecular weight excluding hydrogens is 452 g/mol. The third-order valence-electron chi connectivity index (χ3n) is 2.94. The zero-order valence-corrected chi connectivity index (χ0v) is 17.7. The van der Waals surface area contributed by atoms with E-state index >= 15 is 0 Å². The van der Waals surface area contributed by atoms with Crippen LogP contribution in [0.4, 0.5) is 9.18 Å². The number of nitrogens with zero attached hydrogens (tertiary/aromatic N) is 2. The molecule has 0 saturated carbocycles. The van der Waals surface area contributed by atoms with Crippen LogP contribution < -0.4 is 16.0 Å². The number of nitrogens with one attached hydrogen (secondary N) is 3. The maximum Gasteiger partial charge on any atom is 0.407 e. The van der Waals surface area contributed by atoms with Gasteiger partial charge in [-0.15, -0.1) is 24.0 Å². The summed E-state index contributed by atoms with van der Waals surface area (Å²) in [6.07, 6.45) is -0.489. The lowest BCUT2D eigenvalue weighted by molar-refractivity contribution is 0.0529. The van der Waals surface area contributed by atoms with Crippen molar-refractivity contribution in [1.82, 2.24) is 16.0 Å². The largest absolute Gasteiger partial charge is 0.444 e. The first-order valence-corrected chi connectivity index (χ1v) is 7.85. The lowest BCUT2D eigenvalue weighted by Gasteiger charge is -2.20. The fourth-order valence-corrected chi connectivity index (χ4v) is 1.82. The predicted octanol–water partition coefficient (Wildman–Crippen LogP) is 2.51. The lowest BCUT2D eigenvalue weighted by Crippen LogP contribution is -2.42. The van der Waals surface area contributed by atoms with E-state index in [-0.39, 0.29) is 36.1 Å². The minimum Gasteiger partial charge on any atom is -0.444 e. The van der Waals surface area contributed by atoms with Gasteiger partial charge >= 0.3 is 6.09 Å².